The van der Waals surface area contributed by atoms with Gasteiger partial charge in [-0.15, -0.1) is 0 Å². The minimum absolute atomic E-state index is 0. The van der Waals surface area contributed by atoms with Crippen LogP contribution in [0.2, 0.25) is 0 Å². The number of hydrogen-bond acceptors (Lipinski definition) is 2. The van der Waals surface area contributed by atoms with Gasteiger partial charge in [-0.25, -0.2) is 0 Å². The van der Waals surface area contributed by atoms with Crippen molar-refractivity contribution in [1.29, 1.82) is 0 Å². The van der Waals surface area contributed by atoms with Crippen molar-refractivity contribution in [3.63, 3.8) is 0 Å². The van der Waals surface area contributed by atoms with Gasteiger partial charge in [-0.3, -0.25) is 4.79 Å². The van der Waals surface area contributed by atoms with E-state index in [1.54, 1.807) is 0 Å². The molecule has 0 aliphatic heterocycles. The van der Waals surface area contributed by atoms with Crippen LogP contribution in [0.1, 0.15) is 38.5 Å². The third-order valence-corrected chi connectivity index (χ3v) is 1.55. The molecule has 0 aromatic heterocycles. The van der Waals surface area contributed by atoms with Crippen molar-refractivity contribution in [1.82, 2.24) is 0 Å². The maximum Gasteiger partial charge on any atom is 0.303 e. The topological polar surface area (TPSA) is 57.5 Å². The van der Waals surface area contributed by atoms with Crippen molar-refractivity contribution in [2.75, 3.05) is 6.61 Å². The quantitative estimate of drug-likeness (QED) is 0.475. The second-order valence-corrected chi connectivity index (χ2v) is 2.64. The molecule has 0 spiro atoms. The first kappa shape index (κ1) is 15.5. The van der Waals surface area contributed by atoms with Crippen molar-refractivity contribution in [2.45, 2.75) is 38.5 Å². The van der Waals surface area contributed by atoms with Crippen molar-refractivity contribution in [3.05, 3.63) is 0 Å². The fourth-order valence-corrected chi connectivity index (χ4v) is 0.918. The molecule has 0 saturated carbocycles. The number of carboxylic acids is 1. The predicted molar refractivity (Wildman–Crippen MR) is 48.2 cm³/mol. The largest absolute Gasteiger partial charge is 0.481 e. The summed E-state index contributed by atoms with van der Waals surface area (Å²) in [5, 5.41) is 16.7. The van der Waals surface area contributed by atoms with Crippen LogP contribution < -0.4 is 0 Å². The van der Waals surface area contributed by atoms with Crippen molar-refractivity contribution >= 4 is 57.4 Å². The van der Waals surface area contributed by atoms with E-state index in [1.807, 2.05) is 0 Å². The Kier molecular flexibility index (Phi) is 15.6. The molecule has 12 heavy (non-hydrogen) atoms. The summed E-state index contributed by atoms with van der Waals surface area (Å²) in [6, 6.07) is 0. The van der Waals surface area contributed by atoms with Crippen molar-refractivity contribution in [3.8, 4) is 0 Å². The van der Waals surface area contributed by atoms with E-state index in [1.165, 1.54) is 0 Å². The Hall–Kier alpha value is 1.07. The Balaban J connectivity index is 0. The van der Waals surface area contributed by atoms with Gasteiger partial charge >= 0.3 is 5.97 Å². The Bertz CT molecular complexity index is 106. The Morgan fingerprint density at radius 1 is 1.00 bits per heavy atom. The predicted octanol–water partition coefficient (Wildman–Crippen LogP) is 1.02. The molecule has 4 heteroatoms. The first-order valence-corrected chi connectivity index (χ1v) is 4.10. The summed E-state index contributed by atoms with van der Waals surface area (Å²) >= 11 is 0. The van der Waals surface area contributed by atoms with Crippen LogP contribution >= 0.6 is 0 Å². The summed E-state index contributed by atoms with van der Waals surface area (Å²) in [5.41, 5.74) is 0. The van der Waals surface area contributed by atoms with Crippen molar-refractivity contribution < 1.29 is 15.0 Å². The summed E-state index contributed by atoms with van der Waals surface area (Å²) < 4.78 is 0. The van der Waals surface area contributed by atoms with Crippen LogP contribution in [0.4, 0.5) is 0 Å². The molecular formula is C8H16KO3. The molecule has 0 rings (SSSR count). The summed E-state index contributed by atoms with van der Waals surface area (Å²) in [6.45, 7) is 0.249. The average Bonchev–Trinajstić information content (AvgIpc) is 1.96. The number of carboxylic acid groups (broad SMARTS) is 1. The van der Waals surface area contributed by atoms with Gasteiger partial charge in [-0.2, -0.15) is 0 Å². The van der Waals surface area contributed by atoms with Gasteiger partial charge in [-0.1, -0.05) is 19.3 Å². The number of aliphatic carboxylic acids is 1. The van der Waals surface area contributed by atoms with Crippen molar-refractivity contribution in [2.24, 2.45) is 0 Å². The molecule has 3 nitrogen and oxygen atoms in total. The zero-order chi connectivity index (χ0) is 8.53. The number of carbonyl (C=O) groups is 1. The molecule has 0 fully saturated rings. The van der Waals surface area contributed by atoms with E-state index in [2.05, 4.69) is 0 Å². The summed E-state index contributed by atoms with van der Waals surface area (Å²) in [5.74, 6) is -0.716. The van der Waals surface area contributed by atoms with Gasteiger partial charge in [0.15, 0.2) is 0 Å². The molecule has 0 aromatic carbocycles. The molecule has 0 aromatic rings. The van der Waals surface area contributed by atoms with Crippen LogP contribution in [-0.2, 0) is 4.79 Å². The SMILES string of the molecule is O=C(O)CCCCCCCO.[K]. The van der Waals surface area contributed by atoms with E-state index < -0.39 is 5.97 Å². The molecule has 0 aliphatic rings. The van der Waals surface area contributed by atoms with Crippen LogP contribution in [0.3, 0.4) is 0 Å². The molecule has 0 unspecified atom stereocenters. The molecular weight excluding hydrogens is 183 g/mol. The van der Waals surface area contributed by atoms with E-state index in [0.717, 1.165) is 32.1 Å². The molecule has 0 amide bonds. The smallest absolute Gasteiger partial charge is 0.303 e. The van der Waals surface area contributed by atoms with Gasteiger partial charge in [0.05, 0.1) is 0 Å². The number of aliphatic hydroxyl groups is 1. The van der Waals surface area contributed by atoms with E-state index in [4.69, 9.17) is 10.2 Å². The maximum atomic E-state index is 10.0. The minimum Gasteiger partial charge on any atom is -0.481 e. The van der Waals surface area contributed by atoms with Gasteiger partial charge in [-0.05, 0) is 12.8 Å². The van der Waals surface area contributed by atoms with Gasteiger partial charge in [0, 0.05) is 64.4 Å². The van der Waals surface area contributed by atoms with Crippen LogP contribution in [0.25, 0.3) is 0 Å². The van der Waals surface area contributed by atoms with Crippen LogP contribution in [0.5, 0.6) is 0 Å². The molecule has 2 N–H and O–H groups in total. The average molecular weight is 199 g/mol. The Morgan fingerprint density at radius 3 is 2.00 bits per heavy atom. The second-order valence-electron chi connectivity index (χ2n) is 2.64. The normalized spacial score (nSPS) is 9.08. The molecule has 0 atom stereocenters. The van der Waals surface area contributed by atoms with E-state index in [-0.39, 0.29) is 64.4 Å². The minimum atomic E-state index is -0.716. The van der Waals surface area contributed by atoms with E-state index >= 15 is 0 Å². The molecule has 0 bridgehead atoms. The number of aliphatic hydroxyl groups excluding tert-OH is 1. The maximum absolute atomic E-state index is 10.0. The van der Waals surface area contributed by atoms with E-state index in [9.17, 15) is 4.79 Å². The first-order valence-electron chi connectivity index (χ1n) is 4.10. The summed E-state index contributed by atoms with van der Waals surface area (Å²) in [6.07, 6.45) is 4.89. The Labute approximate surface area is 116 Å². The van der Waals surface area contributed by atoms with Gasteiger partial charge in [0.25, 0.3) is 0 Å². The fraction of sp³-hybridized carbons (Fsp3) is 0.875. The molecule has 0 heterocycles. The monoisotopic (exact) mass is 199 g/mol. The van der Waals surface area contributed by atoms with Gasteiger partial charge in [0.2, 0.25) is 0 Å². The third-order valence-electron chi connectivity index (χ3n) is 1.55. The van der Waals surface area contributed by atoms with Gasteiger partial charge in [0.1, 0.15) is 0 Å². The third kappa shape index (κ3) is 13.6. The zero-order valence-corrected chi connectivity index (χ0v) is 10.9. The summed E-state index contributed by atoms with van der Waals surface area (Å²) in [4.78, 5) is 10.0. The van der Waals surface area contributed by atoms with Crippen LogP contribution in [0, 0.1) is 0 Å². The zero-order valence-electron chi connectivity index (χ0n) is 7.75. The van der Waals surface area contributed by atoms with Crippen LogP contribution in [-0.4, -0.2) is 74.2 Å². The summed E-state index contributed by atoms with van der Waals surface area (Å²) in [7, 11) is 0. The molecule has 0 saturated heterocycles. The van der Waals surface area contributed by atoms with Gasteiger partial charge < -0.3 is 10.2 Å². The number of unbranched alkanes of at least 4 members (excludes halogenated alkanes) is 4. The Morgan fingerprint density at radius 2 is 1.50 bits per heavy atom. The molecule has 1 radical (unpaired) electrons. The first-order chi connectivity index (χ1) is 5.27. The molecule has 67 valence electrons. The second kappa shape index (κ2) is 12.1. The number of rotatable bonds is 7. The molecule has 0 aliphatic carbocycles. The standard InChI is InChI=1S/C8H16O3.K/c9-7-5-3-1-2-4-6-8(10)11;/h9H,1-7H2,(H,10,11);. The number of hydrogen-bond donors (Lipinski definition) is 2. The fourth-order valence-electron chi connectivity index (χ4n) is 0.918. The van der Waals surface area contributed by atoms with E-state index in [0.29, 0.717) is 0 Å². The van der Waals surface area contributed by atoms with Crippen LogP contribution in [0.15, 0.2) is 0 Å².